The van der Waals surface area contributed by atoms with E-state index in [4.69, 9.17) is 5.73 Å². The Labute approximate surface area is 245 Å². The Morgan fingerprint density at radius 1 is 0.556 bits per heavy atom. The molecule has 2 aromatic carbocycles. The second-order valence-corrected chi connectivity index (χ2v) is 10.6. The molecule has 0 fully saturated rings. The van der Waals surface area contributed by atoms with Gasteiger partial charge in [0, 0.05) is 12.1 Å². The zero-order valence-electron chi connectivity index (χ0n) is 23.6. The molecule has 0 atom stereocenters. The molecule has 0 aliphatic rings. The van der Waals surface area contributed by atoms with Crippen LogP contribution >= 0.6 is 17.0 Å². The second kappa shape index (κ2) is 25.9. The van der Waals surface area contributed by atoms with E-state index in [-0.39, 0.29) is 34.0 Å². The van der Waals surface area contributed by atoms with Crippen molar-refractivity contribution in [3.63, 3.8) is 0 Å². The lowest BCUT2D eigenvalue weighted by molar-refractivity contribution is -0.903. The quantitative estimate of drug-likeness (QED) is 0.149. The van der Waals surface area contributed by atoms with Gasteiger partial charge in [-0.2, -0.15) is 0 Å². The van der Waals surface area contributed by atoms with Crippen molar-refractivity contribution in [3.8, 4) is 0 Å². The lowest BCUT2D eigenvalue weighted by Crippen LogP contribution is -3.00. The van der Waals surface area contributed by atoms with E-state index in [0.29, 0.717) is 6.54 Å². The van der Waals surface area contributed by atoms with Crippen LogP contribution in [0.5, 0.6) is 0 Å². The van der Waals surface area contributed by atoms with Crippen LogP contribution in [0.25, 0.3) is 0 Å². The highest BCUT2D eigenvalue weighted by atomic mass is 79.9. The van der Waals surface area contributed by atoms with E-state index in [1.807, 2.05) is 30.3 Å². The van der Waals surface area contributed by atoms with Crippen LogP contribution in [-0.4, -0.2) is 25.1 Å². The molecule has 0 spiro atoms. The maximum atomic E-state index is 5.35. The molecule has 0 unspecified atom stereocenters. The molecule has 0 bridgehead atoms. The minimum Gasteiger partial charge on any atom is -1.00 e. The first kappa shape index (κ1) is 37.5. The summed E-state index contributed by atoms with van der Waals surface area (Å²) in [7, 11) is 4.74. The Balaban J connectivity index is 0. The smallest absolute Gasteiger partial charge is 0.104 e. The predicted molar refractivity (Wildman–Crippen MR) is 162 cm³/mol. The third-order valence-electron chi connectivity index (χ3n) is 6.65. The number of quaternary nitrogens is 1. The minimum atomic E-state index is 0. The van der Waals surface area contributed by atoms with Gasteiger partial charge in [0.05, 0.1) is 20.6 Å². The van der Waals surface area contributed by atoms with Crippen molar-refractivity contribution in [3.05, 3.63) is 71.8 Å². The second-order valence-electron chi connectivity index (χ2n) is 10.6. The third kappa shape index (κ3) is 22.5. The summed E-state index contributed by atoms with van der Waals surface area (Å²) in [5.41, 5.74) is 8.00. The summed E-state index contributed by atoms with van der Waals surface area (Å²) in [5.74, 6) is 0. The van der Waals surface area contributed by atoms with Gasteiger partial charge in [-0.1, -0.05) is 145 Å². The molecule has 2 nitrogen and oxygen atoms in total. The zero-order valence-corrected chi connectivity index (χ0v) is 26.9. The maximum absolute atomic E-state index is 5.35. The number of rotatable bonds is 18. The van der Waals surface area contributed by atoms with Crippen LogP contribution in [-0.2, 0) is 13.1 Å². The summed E-state index contributed by atoms with van der Waals surface area (Å²) >= 11 is 0. The van der Waals surface area contributed by atoms with E-state index in [1.165, 1.54) is 108 Å². The standard InChI is InChI=1S/C25H46N.C7H9N.2BrH/c1-4-5-6-7-8-9-10-11-12-13-14-15-16-20-23-26(2,3)24-25-21-18-17-19-22-25;8-6-7-4-2-1-3-5-7;;/h17-19,21-22H,4-16,20,23-24H2,1-3H3;1-5H,6,8H2;2*1H/q+1;;;/p-1. The molecule has 0 aliphatic heterocycles. The highest BCUT2D eigenvalue weighted by molar-refractivity contribution is 8.93. The topological polar surface area (TPSA) is 26.0 Å². The normalized spacial score (nSPS) is 10.6. The molecule has 0 heterocycles. The number of nitrogens with two attached hydrogens (primary N) is 1. The average molecular weight is 629 g/mol. The Hall–Kier alpha value is -0.680. The number of nitrogens with zero attached hydrogens (tertiary/aromatic N) is 1. The molecule has 2 N–H and O–H groups in total. The highest BCUT2D eigenvalue weighted by Gasteiger charge is 2.14. The number of halogens is 2. The number of benzene rings is 2. The van der Waals surface area contributed by atoms with Gasteiger partial charge in [0.2, 0.25) is 0 Å². The van der Waals surface area contributed by atoms with Crippen molar-refractivity contribution in [2.24, 2.45) is 5.73 Å². The number of unbranched alkanes of at least 4 members (excludes halogenated alkanes) is 13. The Morgan fingerprint density at radius 2 is 0.917 bits per heavy atom. The number of hydrogen-bond acceptors (Lipinski definition) is 1. The molecule has 4 heteroatoms. The molecule has 2 rings (SSSR count). The van der Waals surface area contributed by atoms with Gasteiger partial charge in [-0.05, 0) is 18.4 Å². The Morgan fingerprint density at radius 3 is 1.28 bits per heavy atom. The van der Waals surface area contributed by atoms with Crippen LogP contribution in [0.4, 0.5) is 0 Å². The molecule has 2 aromatic rings. The first-order valence-electron chi connectivity index (χ1n) is 14.2. The van der Waals surface area contributed by atoms with Crippen molar-refractivity contribution in [2.45, 2.75) is 110 Å². The van der Waals surface area contributed by atoms with E-state index < -0.39 is 0 Å². The lowest BCUT2D eigenvalue weighted by Gasteiger charge is -2.30. The predicted octanol–water partition coefficient (Wildman–Crippen LogP) is 6.47. The summed E-state index contributed by atoms with van der Waals surface area (Å²) in [6.45, 7) is 5.39. The van der Waals surface area contributed by atoms with Crippen molar-refractivity contribution in [2.75, 3.05) is 20.6 Å². The van der Waals surface area contributed by atoms with Gasteiger partial charge in [0.15, 0.2) is 0 Å². The zero-order chi connectivity index (χ0) is 24.7. The van der Waals surface area contributed by atoms with E-state index in [2.05, 4.69) is 51.4 Å². The summed E-state index contributed by atoms with van der Waals surface area (Å²) in [6.07, 6.45) is 20.2. The molecule has 0 aliphatic carbocycles. The maximum Gasteiger partial charge on any atom is 0.104 e. The fourth-order valence-corrected chi connectivity index (χ4v) is 4.51. The summed E-state index contributed by atoms with van der Waals surface area (Å²) in [5, 5.41) is 0. The van der Waals surface area contributed by atoms with Gasteiger partial charge in [0.1, 0.15) is 6.54 Å². The Kier molecular flexibility index (Phi) is 27.0. The third-order valence-corrected chi connectivity index (χ3v) is 6.65. The molecule has 0 radical (unpaired) electrons. The largest absolute Gasteiger partial charge is 1.00 e. The first-order chi connectivity index (χ1) is 16.6. The molecule has 0 aromatic heterocycles. The van der Waals surface area contributed by atoms with E-state index >= 15 is 0 Å². The van der Waals surface area contributed by atoms with Gasteiger partial charge in [0.25, 0.3) is 0 Å². The summed E-state index contributed by atoms with van der Waals surface area (Å²) in [6, 6.07) is 20.9. The fraction of sp³-hybridized carbons (Fsp3) is 0.625. The van der Waals surface area contributed by atoms with Crippen molar-refractivity contribution < 1.29 is 21.5 Å². The van der Waals surface area contributed by atoms with Gasteiger partial charge in [-0.3, -0.25) is 0 Å². The summed E-state index contributed by atoms with van der Waals surface area (Å²) < 4.78 is 1.11. The molecule has 208 valence electrons. The minimum absolute atomic E-state index is 0. The van der Waals surface area contributed by atoms with E-state index in [9.17, 15) is 0 Å². The van der Waals surface area contributed by atoms with Crippen LogP contribution in [0.15, 0.2) is 60.7 Å². The molecule has 0 saturated carbocycles. The van der Waals surface area contributed by atoms with Crippen molar-refractivity contribution in [1.82, 2.24) is 0 Å². The van der Waals surface area contributed by atoms with Crippen LogP contribution in [0.1, 0.15) is 108 Å². The van der Waals surface area contributed by atoms with Crippen LogP contribution < -0.4 is 22.7 Å². The van der Waals surface area contributed by atoms with E-state index in [0.717, 1.165) is 11.0 Å². The van der Waals surface area contributed by atoms with Crippen LogP contribution in [0.3, 0.4) is 0 Å². The SMILES string of the molecule is Br.CCCCCCCCCCCCCCCC[N+](C)(C)Cc1ccccc1.NCc1ccccc1.[Br-]. The highest BCUT2D eigenvalue weighted by Crippen LogP contribution is 2.15. The van der Waals surface area contributed by atoms with Gasteiger partial charge in [-0.15, -0.1) is 17.0 Å². The molecule has 36 heavy (non-hydrogen) atoms. The molecular formula is C32H56Br2N2. The van der Waals surface area contributed by atoms with Crippen LogP contribution in [0.2, 0.25) is 0 Å². The lowest BCUT2D eigenvalue weighted by atomic mass is 10.0. The van der Waals surface area contributed by atoms with Crippen molar-refractivity contribution >= 4 is 17.0 Å². The van der Waals surface area contributed by atoms with E-state index in [1.54, 1.807) is 0 Å². The van der Waals surface area contributed by atoms with Gasteiger partial charge in [-0.25, -0.2) is 0 Å². The van der Waals surface area contributed by atoms with Crippen molar-refractivity contribution in [1.29, 1.82) is 0 Å². The fourth-order valence-electron chi connectivity index (χ4n) is 4.51. The average Bonchev–Trinajstić information content (AvgIpc) is 2.85. The Bertz CT molecular complexity index is 677. The molecule has 0 amide bonds. The number of hydrogen-bond donors (Lipinski definition) is 1. The van der Waals surface area contributed by atoms with Gasteiger partial charge < -0.3 is 27.2 Å². The monoisotopic (exact) mass is 626 g/mol. The first-order valence-corrected chi connectivity index (χ1v) is 14.2. The molecule has 0 saturated heterocycles. The summed E-state index contributed by atoms with van der Waals surface area (Å²) in [4.78, 5) is 0. The van der Waals surface area contributed by atoms with Gasteiger partial charge >= 0.3 is 0 Å². The van der Waals surface area contributed by atoms with Crippen LogP contribution in [0, 0.1) is 0 Å². The molecular weight excluding hydrogens is 572 g/mol.